The van der Waals surface area contributed by atoms with Gasteiger partial charge in [0.25, 0.3) is 0 Å². The van der Waals surface area contributed by atoms with Crippen molar-refractivity contribution in [1.29, 1.82) is 0 Å². The fourth-order valence-corrected chi connectivity index (χ4v) is 2.90. The summed E-state index contributed by atoms with van der Waals surface area (Å²) in [5.74, 6) is 0.485. The van der Waals surface area contributed by atoms with Gasteiger partial charge in [-0.25, -0.2) is 4.79 Å². The van der Waals surface area contributed by atoms with Gasteiger partial charge in [0.1, 0.15) is 11.9 Å². The summed E-state index contributed by atoms with van der Waals surface area (Å²) in [4.78, 5) is 12.1. The van der Waals surface area contributed by atoms with E-state index in [0.29, 0.717) is 6.42 Å². The first-order valence-corrected chi connectivity index (χ1v) is 7.89. The summed E-state index contributed by atoms with van der Waals surface area (Å²) < 4.78 is 11.0. The van der Waals surface area contributed by atoms with E-state index < -0.39 is 0 Å². The second kappa shape index (κ2) is 8.59. The first-order valence-electron chi connectivity index (χ1n) is 7.89. The van der Waals surface area contributed by atoms with Gasteiger partial charge in [0.2, 0.25) is 0 Å². The van der Waals surface area contributed by atoms with Crippen LogP contribution in [-0.4, -0.2) is 30.9 Å². The quantitative estimate of drug-likeness (QED) is 0.820. The first-order chi connectivity index (χ1) is 10.8. The average molecular weight is 304 g/mol. The van der Waals surface area contributed by atoms with E-state index in [1.54, 1.807) is 0 Å². The molecule has 0 bridgehead atoms. The topological polar surface area (TPSA) is 55.8 Å². The number of hydrogen-bond donors (Lipinski definition) is 1. The number of rotatable bonds is 6. The normalized spacial score (nSPS) is 16.8. The first kappa shape index (κ1) is 16.6. The fraction of sp³-hybridized carbons (Fsp3) is 0.500. The van der Waals surface area contributed by atoms with Crippen molar-refractivity contribution in [2.24, 2.45) is 0 Å². The molecule has 1 aromatic rings. The number of hydrogen-bond acceptors (Lipinski definition) is 4. The number of methoxy groups -OCH3 is 1. The van der Waals surface area contributed by atoms with Gasteiger partial charge in [-0.1, -0.05) is 24.6 Å². The number of carbonyl (C=O) groups excluding carboxylic acids is 1. The number of aliphatic hydroxyl groups excluding tert-OH is 1. The lowest BCUT2D eigenvalue weighted by molar-refractivity contribution is -0.136. The lowest BCUT2D eigenvalue weighted by atomic mass is 9.96. The van der Waals surface area contributed by atoms with Crippen LogP contribution in [0.5, 0.6) is 5.75 Å². The molecule has 4 heteroatoms. The van der Waals surface area contributed by atoms with Crippen LogP contribution >= 0.6 is 0 Å². The van der Waals surface area contributed by atoms with Crippen LogP contribution in [0.25, 0.3) is 0 Å². The van der Waals surface area contributed by atoms with E-state index >= 15 is 0 Å². The van der Waals surface area contributed by atoms with E-state index in [0.717, 1.165) is 49.0 Å². The molecule has 0 unspecified atom stereocenters. The molecule has 1 aliphatic rings. The van der Waals surface area contributed by atoms with Crippen molar-refractivity contribution in [3.63, 3.8) is 0 Å². The molecule has 0 amide bonds. The maximum absolute atomic E-state index is 12.1. The van der Waals surface area contributed by atoms with Gasteiger partial charge in [0.05, 0.1) is 7.11 Å². The van der Waals surface area contributed by atoms with Gasteiger partial charge >= 0.3 is 5.97 Å². The number of ether oxygens (including phenoxy) is 2. The van der Waals surface area contributed by atoms with E-state index in [-0.39, 0.29) is 18.7 Å². The molecule has 0 fully saturated rings. The molecule has 1 atom stereocenters. The minimum atomic E-state index is -0.278. The fourth-order valence-electron chi connectivity index (χ4n) is 2.90. The van der Waals surface area contributed by atoms with Crippen molar-refractivity contribution in [3.8, 4) is 5.75 Å². The highest BCUT2D eigenvalue weighted by Gasteiger charge is 2.25. The molecule has 0 aromatic heterocycles. The lowest BCUT2D eigenvalue weighted by Crippen LogP contribution is -2.24. The maximum atomic E-state index is 12.1. The van der Waals surface area contributed by atoms with Gasteiger partial charge in [-0.15, -0.1) is 0 Å². The molecule has 120 valence electrons. The van der Waals surface area contributed by atoms with Gasteiger partial charge in [-0.3, -0.25) is 0 Å². The Morgan fingerprint density at radius 1 is 1.18 bits per heavy atom. The van der Waals surface area contributed by atoms with E-state index in [2.05, 4.69) is 0 Å². The summed E-state index contributed by atoms with van der Waals surface area (Å²) in [6, 6.07) is 9.53. The maximum Gasteiger partial charge on any atom is 0.333 e. The Labute approximate surface area is 131 Å². The predicted octanol–water partition coefficient (Wildman–Crippen LogP) is 3.25. The van der Waals surface area contributed by atoms with Gasteiger partial charge in [-0.05, 0) is 43.4 Å². The summed E-state index contributed by atoms with van der Waals surface area (Å²) in [5, 5.41) is 9.38. The minimum absolute atomic E-state index is 0.0233. The Kier molecular flexibility index (Phi) is 6.46. The Hall–Kier alpha value is -1.81. The molecule has 0 radical (unpaired) electrons. The van der Waals surface area contributed by atoms with Gasteiger partial charge in [0, 0.05) is 18.6 Å². The second-order valence-electron chi connectivity index (χ2n) is 5.49. The number of benzene rings is 1. The Morgan fingerprint density at radius 3 is 2.59 bits per heavy atom. The van der Waals surface area contributed by atoms with Crippen molar-refractivity contribution in [2.75, 3.05) is 13.7 Å². The van der Waals surface area contributed by atoms with Crippen LogP contribution in [0.2, 0.25) is 0 Å². The number of para-hydroxylation sites is 1. The molecule has 4 nitrogen and oxygen atoms in total. The van der Waals surface area contributed by atoms with Crippen molar-refractivity contribution in [3.05, 3.63) is 41.5 Å². The van der Waals surface area contributed by atoms with Crippen LogP contribution in [-0.2, 0) is 9.53 Å². The van der Waals surface area contributed by atoms with Crippen molar-refractivity contribution < 1.29 is 19.4 Å². The Morgan fingerprint density at radius 2 is 1.91 bits per heavy atom. The van der Waals surface area contributed by atoms with Crippen LogP contribution in [0.4, 0.5) is 0 Å². The summed E-state index contributed by atoms with van der Waals surface area (Å²) >= 11 is 0. The van der Waals surface area contributed by atoms with E-state index in [9.17, 15) is 9.90 Å². The molecular weight excluding hydrogens is 280 g/mol. The Balaban J connectivity index is 2.29. The molecule has 1 aromatic carbocycles. The molecule has 0 heterocycles. The van der Waals surface area contributed by atoms with Crippen molar-refractivity contribution in [1.82, 2.24) is 0 Å². The smallest absolute Gasteiger partial charge is 0.333 e. The van der Waals surface area contributed by atoms with Gasteiger partial charge in [0.15, 0.2) is 0 Å². The highest BCUT2D eigenvalue weighted by Crippen LogP contribution is 2.30. The lowest BCUT2D eigenvalue weighted by Gasteiger charge is -2.23. The third kappa shape index (κ3) is 4.34. The largest absolute Gasteiger partial charge is 0.486 e. The zero-order valence-electron chi connectivity index (χ0n) is 13.1. The zero-order valence-corrected chi connectivity index (χ0v) is 13.1. The van der Waals surface area contributed by atoms with Crippen molar-refractivity contribution in [2.45, 2.75) is 44.6 Å². The van der Waals surface area contributed by atoms with E-state index in [4.69, 9.17) is 9.47 Å². The summed E-state index contributed by atoms with van der Waals surface area (Å²) in [6.07, 6.45) is 4.87. The Bertz CT molecular complexity index is 507. The number of aliphatic hydroxyl groups is 1. The van der Waals surface area contributed by atoms with Crippen LogP contribution in [0.3, 0.4) is 0 Å². The molecule has 1 N–H and O–H groups in total. The molecule has 0 saturated carbocycles. The minimum Gasteiger partial charge on any atom is -0.486 e. The molecule has 22 heavy (non-hydrogen) atoms. The average Bonchev–Trinajstić information content (AvgIpc) is 2.80. The number of esters is 1. The molecule has 0 spiro atoms. The van der Waals surface area contributed by atoms with Crippen LogP contribution in [0.15, 0.2) is 41.5 Å². The third-order valence-corrected chi connectivity index (χ3v) is 3.99. The highest BCUT2D eigenvalue weighted by molar-refractivity contribution is 5.89. The summed E-state index contributed by atoms with van der Waals surface area (Å²) in [7, 11) is 1.41. The zero-order chi connectivity index (χ0) is 15.8. The summed E-state index contributed by atoms with van der Waals surface area (Å²) in [6.45, 7) is 0.0233. The second-order valence-corrected chi connectivity index (χ2v) is 5.49. The van der Waals surface area contributed by atoms with E-state index in [1.165, 1.54) is 7.11 Å². The molecule has 0 aliphatic heterocycles. The van der Waals surface area contributed by atoms with Crippen LogP contribution < -0.4 is 4.74 Å². The highest BCUT2D eigenvalue weighted by atomic mass is 16.5. The molecular formula is C18H24O4. The third-order valence-electron chi connectivity index (χ3n) is 3.99. The number of carbonyl (C=O) groups is 1. The standard InChI is InChI=1S/C18H24O4/c1-21-18(20)16-11-7-3-6-10-15(16)17(12-13-19)22-14-8-4-2-5-9-14/h2,4-5,8-9,17,19H,3,6-7,10-13H2,1H3/t17-/m0/s1. The molecule has 1 aliphatic carbocycles. The van der Waals surface area contributed by atoms with Crippen LogP contribution in [0, 0.1) is 0 Å². The van der Waals surface area contributed by atoms with Crippen molar-refractivity contribution >= 4 is 5.97 Å². The SMILES string of the molecule is COC(=O)C1=C([C@H](CCO)Oc2ccccc2)CCCCC1. The van der Waals surface area contributed by atoms with Gasteiger partial charge < -0.3 is 14.6 Å². The van der Waals surface area contributed by atoms with Crippen LogP contribution in [0.1, 0.15) is 38.5 Å². The molecule has 2 rings (SSSR count). The van der Waals surface area contributed by atoms with Gasteiger partial charge in [-0.2, -0.15) is 0 Å². The monoisotopic (exact) mass is 304 g/mol. The predicted molar refractivity (Wildman–Crippen MR) is 84.7 cm³/mol. The summed E-state index contributed by atoms with van der Waals surface area (Å²) in [5.41, 5.74) is 1.72. The molecule has 0 saturated heterocycles. The van der Waals surface area contributed by atoms with E-state index in [1.807, 2.05) is 30.3 Å².